The highest BCUT2D eigenvalue weighted by atomic mass is 16.5. The normalized spacial score (nSPS) is 12.5. The molecule has 3 aromatic carbocycles. The fraction of sp³-hybridized carbons (Fsp3) is 0.200. The van der Waals surface area contributed by atoms with Crippen molar-refractivity contribution in [1.82, 2.24) is 0 Å². The van der Waals surface area contributed by atoms with Crippen LogP contribution in [0.1, 0.15) is 6.42 Å². The van der Waals surface area contributed by atoms with Gasteiger partial charge in [-0.25, -0.2) is 0 Å². The molecule has 2 amide bonds. The Bertz CT molecular complexity index is 1060. The van der Waals surface area contributed by atoms with Gasteiger partial charge in [0.15, 0.2) is 13.2 Å². The molecule has 0 fully saturated rings. The molecule has 4 rings (SSSR count). The minimum absolute atomic E-state index is 0.0406. The molecule has 0 atom stereocenters. The maximum atomic E-state index is 12.4. The van der Waals surface area contributed by atoms with E-state index in [1.165, 1.54) is 0 Å². The molecule has 0 aromatic heterocycles. The summed E-state index contributed by atoms with van der Waals surface area (Å²) in [6.45, 7) is 0.868. The number of fused-ring (bicyclic) bond motifs is 1. The van der Waals surface area contributed by atoms with Gasteiger partial charge in [-0.2, -0.15) is 0 Å². The summed E-state index contributed by atoms with van der Waals surface area (Å²) in [6.07, 6.45) is 0.676. The SMILES string of the molecule is O=C(COc1ccccc1)Nc1ccc2c(c1)OCC(=O)N2CCCOc1ccccc1. The first-order chi connectivity index (χ1) is 15.7. The summed E-state index contributed by atoms with van der Waals surface area (Å²) in [4.78, 5) is 26.3. The maximum absolute atomic E-state index is 12.4. The number of carbonyl (C=O) groups is 2. The van der Waals surface area contributed by atoms with Gasteiger partial charge in [-0.05, 0) is 42.8 Å². The first-order valence-corrected chi connectivity index (χ1v) is 10.4. The zero-order valence-corrected chi connectivity index (χ0v) is 17.5. The molecule has 0 saturated carbocycles. The maximum Gasteiger partial charge on any atom is 0.265 e. The lowest BCUT2D eigenvalue weighted by Crippen LogP contribution is -2.39. The summed E-state index contributed by atoms with van der Waals surface area (Å²) < 4.78 is 16.8. The van der Waals surface area contributed by atoms with Crippen LogP contribution in [0.15, 0.2) is 78.9 Å². The molecule has 1 heterocycles. The highest BCUT2D eigenvalue weighted by Crippen LogP contribution is 2.34. The summed E-state index contributed by atoms with van der Waals surface area (Å²) in [7, 11) is 0. The van der Waals surface area contributed by atoms with E-state index in [0.29, 0.717) is 42.4 Å². The van der Waals surface area contributed by atoms with Crippen LogP contribution in [0.25, 0.3) is 0 Å². The fourth-order valence-electron chi connectivity index (χ4n) is 3.32. The smallest absolute Gasteiger partial charge is 0.265 e. The van der Waals surface area contributed by atoms with Crippen LogP contribution in [0, 0.1) is 0 Å². The second-order valence-electron chi connectivity index (χ2n) is 7.18. The molecule has 1 aliphatic heterocycles. The molecule has 0 unspecified atom stereocenters. The van der Waals surface area contributed by atoms with Crippen molar-refractivity contribution >= 4 is 23.2 Å². The molecule has 1 aliphatic rings. The third-order valence-corrected chi connectivity index (χ3v) is 4.84. The number of rotatable bonds is 9. The van der Waals surface area contributed by atoms with Gasteiger partial charge in [0.25, 0.3) is 11.8 Å². The highest BCUT2D eigenvalue weighted by Gasteiger charge is 2.25. The number of hydrogen-bond donors (Lipinski definition) is 1. The number of nitrogens with zero attached hydrogens (tertiary/aromatic N) is 1. The molecular weight excluding hydrogens is 408 g/mol. The van der Waals surface area contributed by atoms with Crippen LogP contribution in [0.3, 0.4) is 0 Å². The number of hydrogen-bond acceptors (Lipinski definition) is 5. The lowest BCUT2D eigenvalue weighted by Gasteiger charge is -2.29. The molecule has 3 aromatic rings. The van der Waals surface area contributed by atoms with Gasteiger partial charge < -0.3 is 24.4 Å². The standard InChI is InChI=1S/C25H24N2O5/c28-24(17-31-21-10-5-2-6-11-21)26-19-12-13-22-23(16-19)32-18-25(29)27(22)14-7-15-30-20-8-3-1-4-9-20/h1-6,8-13,16H,7,14-15,17-18H2,(H,26,28). The van der Waals surface area contributed by atoms with Crippen molar-refractivity contribution in [1.29, 1.82) is 0 Å². The Labute approximate surface area is 186 Å². The summed E-state index contributed by atoms with van der Waals surface area (Å²) in [5, 5.41) is 2.79. The fourth-order valence-corrected chi connectivity index (χ4v) is 3.32. The monoisotopic (exact) mass is 432 g/mol. The van der Waals surface area contributed by atoms with Gasteiger partial charge in [0.1, 0.15) is 17.2 Å². The molecule has 7 heteroatoms. The molecule has 0 aliphatic carbocycles. The lowest BCUT2D eigenvalue weighted by atomic mass is 10.2. The van der Waals surface area contributed by atoms with Crippen LogP contribution in [0.4, 0.5) is 11.4 Å². The van der Waals surface area contributed by atoms with Crippen molar-refractivity contribution in [3.8, 4) is 17.2 Å². The number of carbonyl (C=O) groups excluding carboxylic acids is 2. The largest absolute Gasteiger partial charge is 0.494 e. The van der Waals surface area contributed by atoms with Gasteiger partial charge >= 0.3 is 0 Å². The van der Waals surface area contributed by atoms with Crippen molar-refractivity contribution in [2.75, 3.05) is 36.6 Å². The zero-order valence-electron chi connectivity index (χ0n) is 17.5. The molecule has 32 heavy (non-hydrogen) atoms. The second kappa shape index (κ2) is 10.3. The number of nitrogens with one attached hydrogen (secondary N) is 1. The molecule has 7 nitrogen and oxygen atoms in total. The van der Waals surface area contributed by atoms with E-state index in [1.54, 1.807) is 35.2 Å². The lowest BCUT2D eigenvalue weighted by molar-refractivity contribution is -0.121. The topological polar surface area (TPSA) is 77.1 Å². The number of benzene rings is 3. The molecule has 0 saturated heterocycles. The van der Waals surface area contributed by atoms with Crippen molar-refractivity contribution in [2.24, 2.45) is 0 Å². The number of ether oxygens (including phenoxy) is 3. The van der Waals surface area contributed by atoms with Crippen molar-refractivity contribution in [3.05, 3.63) is 78.9 Å². The van der Waals surface area contributed by atoms with E-state index in [4.69, 9.17) is 14.2 Å². The Morgan fingerprint density at radius 3 is 2.34 bits per heavy atom. The minimum atomic E-state index is -0.282. The predicted octanol–water partition coefficient (Wildman–Crippen LogP) is 3.90. The Hall–Kier alpha value is -4.00. The first kappa shape index (κ1) is 21.2. The second-order valence-corrected chi connectivity index (χ2v) is 7.18. The Balaban J connectivity index is 1.32. The van der Waals surface area contributed by atoms with Gasteiger partial charge in [-0.3, -0.25) is 9.59 Å². The van der Waals surface area contributed by atoms with Crippen LogP contribution in [0.5, 0.6) is 17.2 Å². The molecule has 0 bridgehead atoms. The van der Waals surface area contributed by atoms with Crippen LogP contribution in [0.2, 0.25) is 0 Å². The molecule has 0 spiro atoms. The summed E-state index contributed by atoms with van der Waals surface area (Å²) in [6, 6.07) is 23.9. The highest BCUT2D eigenvalue weighted by molar-refractivity contribution is 5.99. The molecule has 0 radical (unpaired) electrons. The summed E-state index contributed by atoms with van der Waals surface area (Å²) in [5.74, 6) is 1.59. The van der Waals surface area contributed by atoms with E-state index < -0.39 is 0 Å². The first-order valence-electron chi connectivity index (χ1n) is 10.4. The summed E-state index contributed by atoms with van der Waals surface area (Å²) in [5.41, 5.74) is 1.26. The van der Waals surface area contributed by atoms with E-state index in [1.807, 2.05) is 48.5 Å². The van der Waals surface area contributed by atoms with E-state index in [-0.39, 0.29) is 25.0 Å². The zero-order chi connectivity index (χ0) is 22.2. The number of para-hydroxylation sites is 2. The van der Waals surface area contributed by atoms with E-state index in [2.05, 4.69) is 5.32 Å². The van der Waals surface area contributed by atoms with E-state index >= 15 is 0 Å². The number of anilines is 2. The van der Waals surface area contributed by atoms with Crippen LogP contribution in [-0.4, -0.2) is 38.2 Å². The Morgan fingerprint density at radius 2 is 1.62 bits per heavy atom. The quantitative estimate of drug-likeness (QED) is 0.519. The van der Waals surface area contributed by atoms with E-state index in [9.17, 15) is 9.59 Å². The van der Waals surface area contributed by atoms with Gasteiger partial charge in [-0.15, -0.1) is 0 Å². The van der Waals surface area contributed by atoms with Crippen molar-refractivity contribution in [3.63, 3.8) is 0 Å². The Kier molecular flexibility index (Phi) is 6.87. The molecule has 1 N–H and O–H groups in total. The third kappa shape index (κ3) is 5.57. The molecular formula is C25H24N2O5. The minimum Gasteiger partial charge on any atom is -0.494 e. The van der Waals surface area contributed by atoms with Crippen molar-refractivity contribution < 1.29 is 23.8 Å². The van der Waals surface area contributed by atoms with Crippen LogP contribution >= 0.6 is 0 Å². The molecule has 164 valence electrons. The van der Waals surface area contributed by atoms with Gasteiger partial charge in [0, 0.05) is 18.3 Å². The Morgan fingerprint density at radius 1 is 0.938 bits per heavy atom. The van der Waals surface area contributed by atoms with Gasteiger partial charge in [-0.1, -0.05) is 36.4 Å². The average Bonchev–Trinajstić information content (AvgIpc) is 2.83. The van der Waals surface area contributed by atoms with Crippen molar-refractivity contribution in [2.45, 2.75) is 6.42 Å². The van der Waals surface area contributed by atoms with Crippen LogP contribution in [-0.2, 0) is 9.59 Å². The van der Waals surface area contributed by atoms with E-state index in [0.717, 1.165) is 5.75 Å². The predicted molar refractivity (Wildman–Crippen MR) is 121 cm³/mol. The van der Waals surface area contributed by atoms with Gasteiger partial charge in [0.05, 0.1) is 12.3 Å². The van der Waals surface area contributed by atoms with Crippen LogP contribution < -0.4 is 24.4 Å². The number of amides is 2. The van der Waals surface area contributed by atoms with Gasteiger partial charge in [0.2, 0.25) is 0 Å². The average molecular weight is 432 g/mol. The third-order valence-electron chi connectivity index (χ3n) is 4.84. The summed E-state index contributed by atoms with van der Waals surface area (Å²) >= 11 is 0.